The molecule has 1 aromatic rings. The van der Waals surface area contributed by atoms with E-state index in [1.165, 1.54) is 0 Å². The second kappa shape index (κ2) is 8.32. The van der Waals surface area contributed by atoms with E-state index in [1.807, 2.05) is 26.2 Å². The largest absolute Gasteiger partial charge is 0.491 e. The van der Waals surface area contributed by atoms with Crippen LogP contribution in [0.4, 0.5) is 0 Å². The Morgan fingerprint density at radius 1 is 1.44 bits per heavy atom. The number of aliphatic hydroxyl groups is 1. The first kappa shape index (κ1) is 15.2. The molecule has 1 unspecified atom stereocenters. The fourth-order valence-electron chi connectivity index (χ4n) is 1.38. The third kappa shape index (κ3) is 6.81. The maximum atomic E-state index is 9.71. The first-order valence-corrected chi connectivity index (χ1v) is 6.37. The van der Waals surface area contributed by atoms with Crippen LogP contribution >= 0.6 is 11.6 Å². The van der Waals surface area contributed by atoms with Crippen molar-refractivity contribution in [2.75, 3.05) is 40.3 Å². The standard InChI is InChI=1S/C13H21ClN2O2/c1-16(2)7-6-15-9-12(17)10-18-13-5-3-4-11(14)8-13/h3-5,8,12,15,17H,6-7,9-10H2,1-2H3. The van der Waals surface area contributed by atoms with Gasteiger partial charge in [-0.1, -0.05) is 17.7 Å². The Morgan fingerprint density at radius 3 is 2.89 bits per heavy atom. The van der Waals surface area contributed by atoms with E-state index in [1.54, 1.807) is 12.1 Å². The van der Waals surface area contributed by atoms with Crippen LogP contribution in [0.25, 0.3) is 0 Å². The average Bonchev–Trinajstić information content (AvgIpc) is 2.32. The van der Waals surface area contributed by atoms with Gasteiger partial charge in [0.2, 0.25) is 0 Å². The van der Waals surface area contributed by atoms with E-state index in [9.17, 15) is 5.11 Å². The molecule has 0 bridgehead atoms. The van der Waals surface area contributed by atoms with Gasteiger partial charge in [0.15, 0.2) is 0 Å². The van der Waals surface area contributed by atoms with E-state index in [4.69, 9.17) is 16.3 Å². The summed E-state index contributed by atoms with van der Waals surface area (Å²) < 4.78 is 5.44. The van der Waals surface area contributed by atoms with Gasteiger partial charge < -0.3 is 20.1 Å². The van der Waals surface area contributed by atoms with Gasteiger partial charge in [-0.3, -0.25) is 0 Å². The topological polar surface area (TPSA) is 44.7 Å². The second-order valence-corrected chi connectivity index (χ2v) is 4.87. The maximum absolute atomic E-state index is 9.71. The Balaban J connectivity index is 2.15. The van der Waals surface area contributed by atoms with E-state index in [2.05, 4.69) is 10.2 Å². The van der Waals surface area contributed by atoms with E-state index >= 15 is 0 Å². The predicted octanol–water partition coefficient (Wildman–Crippen LogP) is 1.23. The summed E-state index contributed by atoms with van der Waals surface area (Å²) in [4.78, 5) is 2.09. The molecule has 0 saturated carbocycles. The highest BCUT2D eigenvalue weighted by Gasteiger charge is 2.05. The van der Waals surface area contributed by atoms with Gasteiger partial charge in [-0.2, -0.15) is 0 Å². The zero-order valence-electron chi connectivity index (χ0n) is 10.9. The first-order valence-electron chi connectivity index (χ1n) is 6.00. The number of hydrogen-bond acceptors (Lipinski definition) is 4. The van der Waals surface area contributed by atoms with Gasteiger partial charge >= 0.3 is 0 Å². The van der Waals surface area contributed by atoms with Crippen LogP contribution in [0.1, 0.15) is 0 Å². The Kier molecular flexibility index (Phi) is 7.05. The van der Waals surface area contributed by atoms with Crippen LogP contribution in [0.3, 0.4) is 0 Å². The number of halogens is 1. The number of hydrogen-bond donors (Lipinski definition) is 2. The van der Waals surface area contributed by atoms with E-state index < -0.39 is 6.10 Å². The summed E-state index contributed by atoms with van der Waals surface area (Å²) in [5.74, 6) is 0.676. The van der Waals surface area contributed by atoms with Gasteiger partial charge in [0.1, 0.15) is 18.5 Å². The number of likely N-dealkylation sites (N-methyl/N-ethyl adjacent to an activating group) is 1. The number of rotatable bonds is 8. The lowest BCUT2D eigenvalue weighted by molar-refractivity contribution is 0.106. The van der Waals surface area contributed by atoms with Crippen LogP contribution in [0.2, 0.25) is 5.02 Å². The lowest BCUT2D eigenvalue weighted by Crippen LogP contribution is -2.35. The summed E-state index contributed by atoms with van der Waals surface area (Å²) in [6.07, 6.45) is -0.522. The van der Waals surface area contributed by atoms with Crippen LogP contribution in [0, 0.1) is 0 Å². The molecule has 0 aliphatic carbocycles. The fraction of sp³-hybridized carbons (Fsp3) is 0.538. The summed E-state index contributed by atoms with van der Waals surface area (Å²) in [5, 5.41) is 13.5. The van der Waals surface area contributed by atoms with Gasteiger partial charge in [-0.25, -0.2) is 0 Å². The van der Waals surface area contributed by atoms with Crippen LogP contribution in [0.5, 0.6) is 5.75 Å². The van der Waals surface area contributed by atoms with Crippen LogP contribution < -0.4 is 10.1 Å². The van der Waals surface area contributed by atoms with Crippen LogP contribution in [-0.4, -0.2) is 56.4 Å². The minimum Gasteiger partial charge on any atom is -0.491 e. The summed E-state index contributed by atoms with van der Waals surface area (Å²) in [7, 11) is 4.03. The third-order valence-electron chi connectivity index (χ3n) is 2.35. The van der Waals surface area contributed by atoms with Crippen molar-refractivity contribution in [1.29, 1.82) is 0 Å². The smallest absolute Gasteiger partial charge is 0.120 e. The minimum atomic E-state index is -0.522. The van der Waals surface area contributed by atoms with Crippen molar-refractivity contribution < 1.29 is 9.84 Å². The Bertz CT molecular complexity index is 348. The molecule has 0 aromatic heterocycles. The maximum Gasteiger partial charge on any atom is 0.120 e. The number of benzene rings is 1. The van der Waals surface area contributed by atoms with Gasteiger partial charge in [0.05, 0.1) is 0 Å². The van der Waals surface area contributed by atoms with Crippen molar-refractivity contribution in [3.63, 3.8) is 0 Å². The second-order valence-electron chi connectivity index (χ2n) is 4.43. The molecule has 0 amide bonds. The Hall–Kier alpha value is -0.810. The van der Waals surface area contributed by atoms with Crippen LogP contribution in [-0.2, 0) is 0 Å². The molecule has 2 N–H and O–H groups in total. The molecule has 0 saturated heterocycles. The van der Waals surface area contributed by atoms with E-state index in [0.717, 1.165) is 13.1 Å². The number of ether oxygens (including phenoxy) is 1. The normalized spacial score (nSPS) is 12.7. The van der Waals surface area contributed by atoms with E-state index in [0.29, 0.717) is 17.3 Å². The molecule has 5 heteroatoms. The van der Waals surface area contributed by atoms with Crippen molar-refractivity contribution in [1.82, 2.24) is 10.2 Å². The first-order chi connectivity index (χ1) is 8.58. The van der Waals surface area contributed by atoms with E-state index in [-0.39, 0.29) is 6.61 Å². The monoisotopic (exact) mass is 272 g/mol. The highest BCUT2D eigenvalue weighted by atomic mass is 35.5. The molecule has 1 rings (SSSR count). The quantitative estimate of drug-likeness (QED) is 0.699. The number of nitrogens with zero attached hydrogens (tertiary/aromatic N) is 1. The molecular weight excluding hydrogens is 252 g/mol. The molecular formula is C13H21ClN2O2. The summed E-state index contributed by atoms with van der Waals surface area (Å²) in [5.41, 5.74) is 0. The third-order valence-corrected chi connectivity index (χ3v) is 2.59. The minimum absolute atomic E-state index is 0.259. The molecule has 0 radical (unpaired) electrons. The highest BCUT2D eigenvalue weighted by molar-refractivity contribution is 6.30. The van der Waals surface area contributed by atoms with Crippen molar-refractivity contribution in [2.24, 2.45) is 0 Å². The van der Waals surface area contributed by atoms with Gasteiger partial charge in [0.25, 0.3) is 0 Å². The van der Waals surface area contributed by atoms with Gasteiger partial charge in [0, 0.05) is 24.7 Å². The zero-order valence-corrected chi connectivity index (χ0v) is 11.7. The van der Waals surface area contributed by atoms with Crippen molar-refractivity contribution in [3.8, 4) is 5.75 Å². The molecule has 102 valence electrons. The number of nitrogens with one attached hydrogen (secondary N) is 1. The van der Waals surface area contributed by atoms with Crippen molar-refractivity contribution >= 4 is 11.6 Å². The lowest BCUT2D eigenvalue weighted by atomic mass is 10.3. The molecule has 0 heterocycles. The molecule has 4 nitrogen and oxygen atoms in total. The SMILES string of the molecule is CN(C)CCNCC(O)COc1cccc(Cl)c1. The van der Waals surface area contributed by atoms with Gasteiger partial charge in [-0.05, 0) is 32.3 Å². The molecule has 18 heavy (non-hydrogen) atoms. The van der Waals surface area contributed by atoms with Gasteiger partial charge in [-0.15, -0.1) is 0 Å². The highest BCUT2D eigenvalue weighted by Crippen LogP contribution is 2.16. The average molecular weight is 273 g/mol. The summed E-state index contributed by atoms with van der Waals surface area (Å²) in [6.45, 7) is 2.58. The Morgan fingerprint density at radius 2 is 2.22 bits per heavy atom. The number of aliphatic hydroxyl groups excluding tert-OH is 1. The fourth-order valence-corrected chi connectivity index (χ4v) is 1.56. The molecule has 1 atom stereocenters. The lowest BCUT2D eigenvalue weighted by Gasteiger charge is -2.14. The summed E-state index contributed by atoms with van der Waals surface area (Å²) >= 11 is 5.83. The Labute approximate surface area is 114 Å². The van der Waals surface area contributed by atoms with Crippen molar-refractivity contribution in [2.45, 2.75) is 6.10 Å². The predicted molar refractivity (Wildman–Crippen MR) is 74.4 cm³/mol. The zero-order chi connectivity index (χ0) is 13.4. The summed E-state index contributed by atoms with van der Waals surface area (Å²) in [6, 6.07) is 7.15. The molecule has 0 fully saturated rings. The van der Waals surface area contributed by atoms with Crippen LogP contribution in [0.15, 0.2) is 24.3 Å². The molecule has 1 aromatic carbocycles. The van der Waals surface area contributed by atoms with Crippen molar-refractivity contribution in [3.05, 3.63) is 29.3 Å². The molecule has 0 aliphatic heterocycles. The molecule has 0 aliphatic rings. The molecule has 0 spiro atoms.